The first-order valence-electron chi connectivity index (χ1n) is 13.3. The number of carbonyl (C=O) groups excluding carboxylic acids is 1. The first kappa shape index (κ1) is 28.2. The molecule has 3 aromatic rings. The summed E-state index contributed by atoms with van der Waals surface area (Å²) in [6.07, 6.45) is 3.61. The Morgan fingerprint density at radius 3 is 2.31 bits per heavy atom. The summed E-state index contributed by atoms with van der Waals surface area (Å²) in [5.41, 5.74) is 3.02. The Morgan fingerprint density at radius 2 is 1.72 bits per heavy atom. The number of carboxylic acid groups (broad SMARTS) is 1. The van der Waals surface area contributed by atoms with E-state index in [1.165, 1.54) is 18.6 Å². The number of aliphatic carboxylic acids is 1. The summed E-state index contributed by atoms with van der Waals surface area (Å²) < 4.78 is 40.8. The minimum Gasteiger partial charge on any atom is -0.481 e. The lowest BCUT2D eigenvalue weighted by atomic mass is 9.81. The van der Waals surface area contributed by atoms with Crippen LogP contribution in [-0.4, -0.2) is 33.3 Å². The Hall–Kier alpha value is -3.82. The van der Waals surface area contributed by atoms with E-state index < -0.39 is 17.7 Å². The van der Waals surface area contributed by atoms with Gasteiger partial charge >= 0.3 is 12.1 Å². The molecular weight excluding hydrogens is 509 g/mol. The molecule has 1 fully saturated rings. The van der Waals surface area contributed by atoms with Gasteiger partial charge in [-0.05, 0) is 73.7 Å². The van der Waals surface area contributed by atoms with Crippen LogP contribution < -0.4 is 10.6 Å². The van der Waals surface area contributed by atoms with Crippen molar-refractivity contribution in [3.05, 3.63) is 77.1 Å². The van der Waals surface area contributed by atoms with E-state index in [2.05, 4.69) is 10.6 Å². The third-order valence-corrected chi connectivity index (χ3v) is 7.17. The van der Waals surface area contributed by atoms with Crippen LogP contribution in [0.4, 0.5) is 18.9 Å². The molecule has 1 aliphatic rings. The predicted molar refractivity (Wildman–Crippen MR) is 142 cm³/mol. The number of rotatable bonds is 10. The highest BCUT2D eigenvalue weighted by Gasteiger charge is 2.31. The largest absolute Gasteiger partial charge is 0.481 e. The third-order valence-electron chi connectivity index (χ3n) is 7.17. The van der Waals surface area contributed by atoms with Gasteiger partial charge in [0.05, 0.1) is 29.4 Å². The molecule has 1 saturated carbocycles. The Balaban J connectivity index is 1.58. The second-order valence-electron chi connectivity index (χ2n) is 9.87. The number of aryl methyl sites for hydroxylation is 1. The average Bonchev–Trinajstić information content (AvgIpc) is 3.36. The Labute approximate surface area is 225 Å². The van der Waals surface area contributed by atoms with Gasteiger partial charge in [-0.2, -0.15) is 18.3 Å². The average molecular weight is 543 g/mol. The number of carbonyl (C=O) groups is 2. The fourth-order valence-corrected chi connectivity index (χ4v) is 5.09. The number of carboxylic acids is 1. The number of aromatic nitrogens is 2. The van der Waals surface area contributed by atoms with Crippen molar-refractivity contribution in [2.24, 2.45) is 5.92 Å². The van der Waals surface area contributed by atoms with E-state index >= 15 is 0 Å². The number of amides is 1. The molecule has 1 aliphatic carbocycles. The van der Waals surface area contributed by atoms with E-state index in [1.807, 2.05) is 25.3 Å². The summed E-state index contributed by atoms with van der Waals surface area (Å²) in [6, 6.07) is 12.0. The maximum atomic E-state index is 13.0. The lowest BCUT2D eigenvalue weighted by Gasteiger charge is -2.32. The SMILES string of the molecule is CCc1nn(-c2ccc(C(F)(F)F)cc2)cc1C(Nc1ccc(C(=O)NCCC(=O)O)cc1)C1CCCCC1. The molecule has 1 atom stereocenters. The number of halogens is 3. The summed E-state index contributed by atoms with van der Waals surface area (Å²) in [5, 5.41) is 19.7. The summed E-state index contributed by atoms with van der Waals surface area (Å²) in [5.74, 6) is -0.956. The number of anilines is 1. The van der Waals surface area contributed by atoms with Crippen molar-refractivity contribution >= 4 is 17.6 Å². The van der Waals surface area contributed by atoms with Crippen molar-refractivity contribution in [1.82, 2.24) is 15.1 Å². The Morgan fingerprint density at radius 1 is 1.05 bits per heavy atom. The van der Waals surface area contributed by atoms with Crippen LogP contribution >= 0.6 is 0 Å². The Bertz CT molecular complexity index is 1260. The summed E-state index contributed by atoms with van der Waals surface area (Å²) in [4.78, 5) is 23.0. The molecule has 208 valence electrons. The molecule has 4 rings (SSSR count). The van der Waals surface area contributed by atoms with Crippen LogP contribution in [-0.2, 0) is 17.4 Å². The first-order valence-corrected chi connectivity index (χ1v) is 13.3. The normalized spacial score (nSPS) is 15.1. The molecule has 10 heteroatoms. The quantitative estimate of drug-likeness (QED) is 0.276. The van der Waals surface area contributed by atoms with E-state index in [0.29, 0.717) is 23.6 Å². The molecule has 0 radical (unpaired) electrons. The monoisotopic (exact) mass is 542 g/mol. The van der Waals surface area contributed by atoms with Gasteiger partial charge in [-0.25, -0.2) is 4.68 Å². The predicted octanol–water partition coefficient (Wildman–Crippen LogP) is 6.39. The molecule has 0 bridgehead atoms. The maximum absolute atomic E-state index is 13.0. The van der Waals surface area contributed by atoms with Gasteiger partial charge in [0.2, 0.25) is 0 Å². The van der Waals surface area contributed by atoms with Crippen LogP contribution in [0.2, 0.25) is 0 Å². The highest BCUT2D eigenvalue weighted by Crippen LogP contribution is 2.38. The zero-order valence-corrected chi connectivity index (χ0v) is 21.8. The molecule has 3 N–H and O–H groups in total. The lowest BCUT2D eigenvalue weighted by Crippen LogP contribution is -2.26. The van der Waals surface area contributed by atoms with Crippen molar-refractivity contribution in [1.29, 1.82) is 0 Å². The van der Waals surface area contributed by atoms with Crippen LogP contribution in [0.25, 0.3) is 5.69 Å². The topological polar surface area (TPSA) is 96.3 Å². The number of alkyl halides is 3. The number of hydrogen-bond donors (Lipinski definition) is 3. The van der Waals surface area contributed by atoms with Crippen molar-refractivity contribution in [2.75, 3.05) is 11.9 Å². The van der Waals surface area contributed by atoms with Gasteiger partial charge in [0.25, 0.3) is 5.91 Å². The summed E-state index contributed by atoms with van der Waals surface area (Å²) >= 11 is 0. The van der Waals surface area contributed by atoms with Crippen LogP contribution in [0.15, 0.2) is 54.7 Å². The molecule has 1 heterocycles. The van der Waals surface area contributed by atoms with E-state index in [4.69, 9.17) is 10.2 Å². The fraction of sp³-hybridized carbons (Fsp3) is 0.414. The number of nitrogens with one attached hydrogen (secondary N) is 2. The molecule has 2 aromatic carbocycles. The van der Waals surface area contributed by atoms with Gasteiger partial charge < -0.3 is 15.7 Å². The van der Waals surface area contributed by atoms with Gasteiger partial charge in [0.15, 0.2) is 0 Å². The highest BCUT2D eigenvalue weighted by molar-refractivity contribution is 5.94. The van der Waals surface area contributed by atoms with E-state index in [9.17, 15) is 22.8 Å². The second kappa shape index (κ2) is 12.4. The van der Waals surface area contributed by atoms with Gasteiger partial charge in [0, 0.05) is 29.6 Å². The first-order chi connectivity index (χ1) is 18.7. The minimum absolute atomic E-state index is 0.0562. The molecule has 0 spiro atoms. The molecule has 1 aromatic heterocycles. The van der Waals surface area contributed by atoms with Crippen LogP contribution in [0.5, 0.6) is 0 Å². The fourth-order valence-electron chi connectivity index (χ4n) is 5.09. The third kappa shape index (κ3) is 7.19. The van der Waals surface area contributed by atoms with E-state index in [0.717, 1.165) is 54.8 Å². The number of benzene rings is 2. The van der Waals surface area contributed by atoms with Crippen molar-refractivity contribution in [3.63, 3.8) is 0 Å². The van der Waals surface area contributed by atoms with E-state index in [-0.39, 0.29) is 24.9 Å². The number of nitrogens with zero attached hydrogens (tertiary/aromatic N) is 2. The van der Waals surface area contributed by atoms with Gasteiger partial charge in [-0.3, -0.25) is 9.59 Å². The van der Waals surface area contributed by atoms with Crippen LogP contribution in [0.1, 0.15) is 78.7 Å². The molecule has 0 saturated heterocycles. The standard InChI is InChI=1S/C29H33F3N4O3/c1-2-25-24(18-36(35-25)23-14-10-21(11-15-23)29(30,31)32)27(19-6-4-3-5-7-19)34-22-12-8-20(9-13-22)28(39)33-17-16-26(37)38/h8-15,18-19,27,34H,2-7,16-17H2,1H3,(H,33,39)(H,37,38). The van der Waals surface area contributed by atoms with Crippen molar-refractivity contribution in [3.8, 4) is 5.69 Å². The molecule has 39 heavy (non-hydrogen) atoms. The molecule has 7 nitrogen and oxygen atoms in total. The molecule has 1 amide bonds. The van der Waals surface area contributed by atoms with Gasteiger partial charge in [-0.15, -0.1) is 0 Å². The van der Waals surface area contributed by atoms with E-state index in [1.54, 1.807) is 16.8 Å². The summed E-state index contributed by atoms with van der Waals surface area (Å²) in [6.45, 7) is 2.07. The maximum Gasteiger partial charge on any atom is 0.416 e. The number of hydrogen-bond acceptors (Lipinski definition) is 4. The van der Waals surface area contributed by atoms with Crippen LogP contribution in [0, 0.1) is 5.92 Å². The van der Waals surface area contributed by atoms with Gasteiger partial charge in [0.1, 0.15) is 0 Å². The second-order valence-corrected chi connectivity index (χ2v) is 9.87. The smallest absolute Gasteiger partial charge is 0.416 e. The molecular formula is C29H33F3N4O3. The zero-order chi connectivity index (χ0) is 28.0. The lowest BCUT2D eigenvalue weighted by molar-refractivity contribution is -0.138. The van der Waals surface area contributed by atoms with Gasteiger partial charge in [-0.1, -0.05) is 26.2 Å². The van der Waals surface area contributed by atoms with Crippen LogP contribution in [0.3, 0.4) is 0 Å². The Kier molecular flexibility index (Phi) is 8.93. The highest BCUT2D eigenvalue weighted by atomic mass is 19.4. The van der Waals surface area contributed by atoms with Crippen molar-refractivity contribution in [2.45, 2.75) is 64.1 Å². The molecule has 0 aliphatic heterocycles. The van der Waals surface area contributed by atoms with Crippen molar-refractivity contribution < 1.29 is 27.9 Å². The molecule has 1 unspecified atom stereocenters. The summed E-state index contributed by atoms with van der Waals surface area (Å²) in [7, 11) is 0. The zero-order valence-electron chi connectivity index (χ0n) is 21.8. The minimum atomic E-state index is -4.40.